The second kappa shape index (κ2) is 37.9. The molecule has 0 saturated carbocycles. The lowest BCUT2D eigenvalue weighted by atomic mass is 9.99. The van der Waals surface area contributed by atoms with E-state index in [2.05, 4.69) is 98.9 Å². The van der Waals surface area contributed by atoms with Crippen molar-refractivity contribution in [1.29, 1.82) is 0 Å². The van der Waals surface area contributed by atoms with Crippen LogP contribution in [0.25, 0.3) is 0 Å². The molecule has 0 aromatic heterocycles. The van der Waals surface area contributed by atoms with Crippen LogP contribution >= 0.6 is 0 Å². The smallest absolute Gasteiger partial charge is 0.306 e. The molecule has 9 nitrogen and oxygen atoms in total. The first-order valence-electron chi connectivity index (χ1n) is 21.7. The van der Waals surface area contributed by atoms with Crippen LogP contribution < -0.4 is 0 Å². The van der Waals surface area contributed by atoms with Gasteiger partial charge in [-0.1, -0.05) is 150 Å². The van der Waals surface area contributed by atoms with Crippen LogP contribution in [0.4, 0.5) is 0 Å². The third kappa shape index (κ3) is 28.7. The molecule has 6 unspecified atom stereocenters. The first-order chi connectivity index (χ1) is 27.4. The number of allylic oxidation sites excluding steroid dienone is 14. The average molecular weight is 787 g/mol. The normalized spacial score (nSPS) is 21.4. The van der Waals surface area contributed by atoms with Gasteiger partial charge in [0, 0.05) is 13.0 Å². The number of esters is 1. The van der Waals surface area contributed by atoms with Gasteiger partial charge in [0.2, 0.25) is 0 Å². The Kier molecular flexibility index (Phi) is 34.8. The van der Waals surface area contributed by atoms with Gasteiger partial charge in [0.05, 0.1) is 19.8 Å². The van der Waals surface area contributed by atoms with Gasteiger partial charge >= 0.3 is 5.97 Å². The van der Waals surface area contributed by atoms with Crippen molar-refractivity contribution in [2.75, 3.05) is 26.4 Å². The molecular formula is C47H78O9. The van der Waals surface area contributed by atoms with Crippen molar-refractivity contribution in [3.05, 3.63) is 85.1 Å². The Morgan fingerprint density at radius 1 is 0.589 bits per heavy atom. The lowest BCUT2D eigenvalue weighted by molar-refractivity contribution is -0.305. The first-order valence-corrected chi connectivity index (χ1v) is 21.7. The molecular weight excluding hydrogens is 709 g/mol. The summed E-state index contributed by atoms with van der Waals surface area (Å²) in [6.07, 6.45) is 43.5. The van der Waals surface area contributed by atoms with Gasteiger partial charge in [-0.15, -0.1) is 0 Å². The minimum Gasteiger partial charge on any atom is -0.457 e. The van der Waals surface area contributed by atoms with Gasteiger partial charge in [-0.25, -0.2) is 0 Å². The highest BCUT2D eigenvalue weighted by Gasteiger charge is 2.44. The van der Waals surface area contributed by atoms with Gasteiger partial charge < -0.3 is 39.4 Å². The van der Waals surface area contributed by atoms with E-state index in [0.29, 0.717) is 13.0 Å². The van der Waals surface area contributed by atoms with Crippen LogP contribution in [0.15, 0.2) is 85.1 Å². The van der Waals surface area contributed by atoms with Crippen LogP contribution in [0.5, 0.6) is 0 Å². The number of ether oxygens (including phenoxy) is 4. The van der Waals surface area contributed by atoms with Crippen LogP contribution in [0.2, 0.25) is 0 Å². The van der Waals surface area contributed by atoms with Crippen molar-refractivity contribution in [2.24, 2.45) is 0 Å². The Morgan fingerprint density at radius 2 is 1.09 bits per heavy atom. The molecule has 320 valence electrons. The SMILES string of the molecule is CC/C=C\C/C=C\C/C=C\C/C=C\C/C=C\C/C=C\C/C=C\CCCCCCOCC(COC1OC(CO)C(O)C(O)C1O)OC(=O)CCCCCCCCC. The van der Waals surface area contributed by atoms with E-state index in [1.807, 2.05) is 0 Å². The average Bonchev–Trinajstić information content (AvgIpc) is 3.20. The van der Waals surface area contributed by atoms with E-state index in [0.717, 1.165) is 96.3 Å². The maximum atomic E-state index is 12.6. The third-order valence-corrected chi connectivity index (χ3v) is 9.33. The summed E-state index contributed by atoms with van der Waals surface area (Å²) in [5, 5.41) is 39.9. The van der Waals surface area contributed by atoms with E-state index >= 15 is 0 Å². The zero-order chi connectivity index (χ0) is 40.7. The fraction of sp³-hybridized carbons (Fsp3) is 0.681. The largest absolute Gasteiger partial charge is 0.457 e. The standard InChI is InChI=1S/C47H78O9/c1-3-5-7-9-11-12-13-14-15-16-17-18-19-20-21-22-23-24-25-26-27-28-29-31-33-35-37-53-39-41(55-43(49)36-34-32-30-10-8-6-4-2)40-54-47-46(52)45(51)44(50)42(38-48)56-47/h5,7,11-12,14-15,17-18,20-21,23-24,26-27,41-42,44-48,50-52H,3-4,6,8-10,13,16,19,22,25,28-40H2,1-2H3/b7-5-,12-11-,15-14-,18-17-,21-20-,24-23-,27-26-. The Balaban J connectivity index is 2.21. The van der Waals surface area contributed by atoms with Gasteiger partial charge in [-0.05, 0) is 70.6 Å². The minimum absolute atomic E-state index is 0.123. The minimum atomic E-state index is -1.54. The summed E-state index contributed by atoms with van der Waals surface area (Å²) >= 11 is 0. The molecule has 1 saturated heterocycles. The molecule has 0 aliphatic carbocycles. The lowest BCUT2D eigenvalue weighted by Gasteiger charge is -2.39. The van der Waals surface area contributed by atoms with E-state index in [9.17, 15) is 25.2 Å². The van der Waals surface area contributed by atoms with Crippen molar-refractivity contribution in [3.63, 3.8) is 0 Å². The van der Waals surface area contributed by atoms with Gasteiger partial charge in [-0.2, -0.15) is 0 Å². The lowest BCUT2D eigenvalue weighted by Crippen LogP contribution is -2.59. The van der Waals surface area contributed by atoms with Gasteiger partial charge in [-0.3, -0.25) is 4.79 Å². The van der Waals surface area contributed by atoms with Crippen molar-refractivity contribution in [3.8, 4) is 0 Å². The second-order valence-electron chi connectivity index (χ2n) is 14.4. The Hall–Kier alpha value is -2.63. The highest BCUT2D eigenvalue weighted by Crippen LogP contribution is 2.22. The number of carbonyl (C=O) groups is 1. The zero-order valence-electron chi connectivity index (χ0n) is 34.8. The van der Waals surface area contributed by atoms with E-state index in [-0.39, 0.29) is 19.2 Å². The summed E-state index contributed by atoms with van der Waals surface area (Å²) in [7, 11) is 0. The summed E-state index contributed by atoms with van der Waals surface area (Å²) in [5.74, 6) is -0.335. The molecule has 0 spiro atoms. The Labute approximate surface area is 339 Å². The van der Waals surface area contributed by atoms with Crippen LogP contribution in [0.3, 0.4) is 0 Å². The third-order valence-electron chi connectivity index (χ3n) is 9.33. The molecule has 1 aliphatic rings. The van der Waals surface area contributed by atoms with Gasteiger partial charge in [0.15, 0.2) is 6.29 Å². The number of unbranched alkanes of at least 4 members (excludes halogenated alkanes) is 10. The molecule has 9 heteroatoms. The number of hydrogen-bond acceptors (Lipinski definition) is 9. The van der Waals surface area contributed by atoms with Gasteiger partial charge in [0.25, 0.3) is 0 Å². The molecule has 1 aliphatic heterocycles. The summed E-state index contributed by atoms with van der Waals surface area (Å²) in [5.41, 5.74) is 0. The molecule has 1 fully saturated rings. The highest BCUT2D eigenvalue weighted by atomic mass is 16.7. The van der Waals surface area contributed by atoms with E-state index in [1.165, 1.54) is 25.7 Å². The number of carbonyl (C=O) groups excluding carboxylic acids is 1. The van der Waals surface area contributed by atoms with Crippen molar-refractivity contribution in [2.45, 2.75) is 179 Å². The molecule has 0 aromatic rings. The molecule has 56 heavy (non-hydrogen) atoms. The first kappa shape index (κ1) is 51.4. The number of aliphatic hydroxyl groups excluding tert-OH is 4. The zero-order valence-corrected chi connectivity index (χ0v) is 34.8. The van der Waals surface area contributed by atoms with Crippen LogP contribution in [-0.4, -0.2) is 89.6 Å². The topological polar surface area (TPSA) is 135 Å². The summed E-state index contributed by atoms with van der Waals surface area (Å²) in [6, 6.07) is 0. The molecule has 1 heterocycles. The number of aliphatic hydroxyl groups is 4. The fourth-order valence-electron chi connectivity index (χ4n) is 5.94. The summed E-state index contributed by atoms with van der Waals surface area (Å²) < 4.78 is 22.6. The predicted octanol–water partition coefficient (Wildman–Crippen LogP) is 9.47. The highest BCUT2D eigenvalue weighted by molar-refractivity contribution is 5.69. The van der Waals surface area contributed by atoms with Crippen molar-refractivity contribution >= 4 is 5.97 Å². The van der Waals surface area contributed by atoms with Gasteiger partial charge in [0.1, 0.15) is 30.5 Å². The quantitative estimate of drug-likeness (QED) is 0.0282. The molecule has 0 bridgehead atoms. The maximum Gasteiger partial charge on any atom is 0.306 e. The second-order valence-corrected chi connectivity index (χ2v) is 14.4. The van der Waals surface area contributed by atoms with Crippen LogP contribution in [0, 0.1) is 0 Å². The molecule has 6 atom stereocenters. The monoisotopic (exact) mass is 787 g/mol. The molecule has 4 N–H and O–H groups in total. The molecule has 1 rings (SSSR count). The van der Waals surface area contributed by atoms with E-state index < -0.39 is 43.4 Å². The summed E-state index contributed by atoms with van der Waals surface area (Å²) in [6.45, 7) is 4.30. The van der Waals surface area contributed by atoms with Crippen molar-refractivity contribution in [1.82, 2.24) is 0 Å². The number of rotatable bonds is 35. The fourth-order valence-corrected chi connectivity index (χ4v) is 5.94. The molecule has 0 amide bonds. The number of hydrogen-bond donors (Lipinski definition) is 4. The van der Waals surface area contributed by atoms with Crippen LogP contribution in [0.1, 0.15) is 142 Å². The molecule has 0 radical (unpaired) electrons. The van der Waals surface area contributed by atoms with Crippen molar-refractivity contribution < 1.29 is 44.2 Å². The Morgan fingerprint density at radius 3 is 1.64 bits per heavy atom. The van der Waals surface area contributed by atoms with E-state index in [4.69, 9.17) is 18.9 Å². The van der Waals surface area contributed by atoms with Crippen LogP contribution in [-0.2, 0) is 23.7 Å². The summed E-state index contributed by atoms with van der Waals surface area (Å²) in [4.78, 5) is 12.6. The molecule has 0 aromatic carbocycles. The predicted molar refractivity (Wildman–Crippen MR) is 228 cm³/mol. The Bertz CT molecular complexity index is 1120. The maximum absolute atomic E-state index is 12.6. The van der Waals surface area contributed by atoms with E-state index in [1.54, 1.807) is 0 Å².